The quantitative estimate of drug-likeness (QED) is 0.476. The van der Waals surface area contributed by atoms with Gasteiger partial charge in [0, 0.05) is 11.1 Å². The second-order valence-corrected chi connectivity index (χ2v) is 9.26. The Morgan fingerprint density at radius 3 is 1.82 bits per heavy atom. The van der Waals surface area contributed by atoms with Crippen molar-refractivity contribution in [2.45, 2.75) is 22.6 Å². The number of benzene rings is 3. The summed E-state index contributed by atoms with van der Waals surface area (Å²) < 4.78 is -0.915. The van der Waals surface area contributed by atoms with Gasteiger partial charge in [0.05, 0.1) is 11.3 Å². The highest BCUT2D eigenvalue weighted by Crippen LogP contribution is 2.75. The van der Waals surface area contributed by atoms with Crippen molar-refractivity contribution in [3.63, 3.8) is 0 Å². The van der Waals surface area contributed by atoms with Gasteiger partial charge in [-0.3, -0.25) is 9.59 Å². The second-order valence-electron chi connectivity index (χ2n) is 8.01. The minimum atomic E-state index is -0.915. The van der Waals surface area contributed by atoms with Crippen LogP contribution in [0.4, 0.5) is 0 Å². The lowest BCUT2D eigenvalue weighted by atomic mass is 9.81. The standard InChI is InChI=1S/C25H17BrO2/c26-25-22(21(27)17-9-3-4-10-18(17)23(25)28)24(25)19-11-5-1-7-15(19)13-14-16-8-2-6-12-20(16)24/h1-12,22H,13-14H2/t22-,25-/m1/s1. The maximum atomic E-state index is 13.7. The summed E-state index contributed by atoms with van der Waals surface area (Å²) in [6.45, 7) is 0. The van der Waals surface area contributed by atoms with Gasteiger partial charge in [0.25, 0.3) is 0 Å². The molecule has 0 unspecified atom stereocenters. The lowest BCUT2D eigenvalue weighted by molar-refractivity contribution is 0.0893. The molecule has 0 heterocycles. The Hall–Kier alpha value is -2.52. The van der Waals surface area contributed by atoms with E-state index in [-0.39, 0.29) is 11.6 Å². The van der Waals surface area contributed by atoms with Crippen LogP contribution in [0.1, 0.15) is 43.0 Å². The Kier molecular flexibility index (Phi) is 3.11. The number of hydrogen-bond acceptors (Lipinski definition) is 2. The van der Waals surface area contributed by atoms with Gasteiger partial charge in [-0.05, 0) is 35.1 Å². The van der Waals surface area contributed by atoms with E-state index in [9.17, 15) is 9.59 Å². The minimum Gasteiger partial charge on any atom is -0.294 e. The fraction of sp³-hybridized carbons (Fsp3) is 0.200. The number of halogens is 1. The fourth-order valence-electron chi connectivity index (χ4n) is 5.74. The van der Waals surface area contributed by atoms with Crippen molar-refractivity contribution in [3.8, 4) is 0 Å². The zero-order valence-corrected chi connectivity index (χ0v) is 16.7. The molecule has 3 heteroatoms. The molecule has 3 aromatic carbocycles. The number of carbonyl (C=O) groups is 2. The highest BCUT2D eigenvalue weighted by molar-refractivity contribution is 9.10. The van der Waals surface area contributed by atoms with Crippen molar-refractivity contribution in [3.05, 3.63) is 106 Å². The van der Waals surface area contributed by atoms with Crippen LogP contribution in [0, 0.1) is 5.92 Å². The van der Waals surface area contributed by atoms with Crippen LogP contribution in [0.5, 0.6) is 0 Å². The number of ketones is 2. The molecule has 0 aliphatic heterocycles. The predicted octanol–water partition coefficient (Wildman–Crippen LogP) is 4.91. The molecule has 2 nitrogen and oxygen atoms in total. The highest BCUT2D eigenvalue weighted by Gasteiger charge is 2.85. The maximum Gasteiger partial charge on any atom is 0.182 e. The molecule has 3 aliphatic rings. The molecular weight excluding hydrogens is 412 g/mol. The number of aryl methyl sites for hydroxylation is 2. The summed E-state index contributed by atoms with van der Waals surface area (Å²) in [4.78, 5) is 27.4. The van der Waals surface area contributed by atoms with Crippen molar-refractivity contribution < 1.29 is 9.59 Å². The van der Waals surface area contributed by atoms with E-state index in [4.69, 9.17) is 0 Å². The Morgan fingerprint density at radius 1 is 0.714 bits per heavy atom. The molecule has 0 bridgehead atoms. The number of rotatable bonds is 0. The molecule has 1 fully saturated rings. The van der Waals surface area contributed by atoms with Gasteiger partial charge in [-0.1, -0.05) is 88.7 Å². The lowest BCUT2D eigenvalue weighted by Crippen LogP contribution is -2.32. The van der Waals surface area contributed by atoms with E-state index in [2.05, 4.69) is 40.2 Å². The van der Waals surface area contributed by atoms with Crippen LogP contribution in [0.3, 0.4) is 0 Å². The normalized spacial score (nSPS) is 26.0. The molecule has 0 amide bonds. The lowest BCUT2D eigenvalue weighted by Gasteiger charge is -2.24. The summed E-state index contributed by atoms with van der Waals surface area (Å²) >= 11 is 3.87. The SMILES string of the molecule is O=C1c2ccccc2C(=O)[C@]2(Br)[C@H]1C21c2ccccc2CCc2ccccc21. The largest absolute Gasteiger partial charge is 0.294 e. The van der Waals surface area contributed by atoms with Gasteiger partial charge < -0.3 is 0 Å². The zero-order valence-electron chi connectivity index (χ0n) is 15.1. The average Bonchev–Trinajstić information content (AvgIpc) is 3.36. The molecule has 28 heavy (non-hydrogen) atoms. The third-order valence-corrected chi connectivity index (χ3v) is 8.34. The predicted molar refractivity (Wildman–Crippen MR) is 111 cm³/mol. The van der Waals surface area contributed by atoms with Crippen LogP contribution in [-0.2, 0) is 18.3 Å². The second kappa shape index (κ2) is 5.30. The summed E-state index contributed by atoms with van der Waals surface area (Å²) in [6.07, 6.45) is 1.83. The van der Waals surface area contributed by atoms with Crippen molar-refractivity contribution in [2.75, 3.05) is 0 Å². The first-order valence-corrected chi connectivity index (χ1v) is 10.4. The Morgan fingerprint density at radius 2 is 1.21 bits per heavy atom. The molecule has 2 atom stereocenters. The van der Waals surface area contributed by atoms with E-state index in [1.165, 1.54) is 11.1 Å². The van der Waals surface area contributed by atoms with Crippen molar-refractivity contribution >= 4 is 27.5 Å². The van der Waals surface area contributed by atoms with E-state index in [0.717, 1.165) is 24.0 Å². The van der Waals surface area contributed by atoms with E-state index < -0.39 is 15.7 Å². The Labute approximate surface area is 171 Å². The molecule has 0 saturated heterocycles. The fourth-order valence-corrected chi connectivity index (χ4v) is 7.04. The molecular formula is C25H17BrO2. The van der Waals surface area contributed by atoms with Crippen LogP contribution in [0.25, 0.3) is 0 Å². The third-order valence-electron chi connectivity index (χ3n) is 6.90. The summed E-state index contributed by atoms with van der Waals surface area (Å²) in [5.41, 5.74) is 5.16. The topological polar surface area (TPSA) is 34.1 Å². The van der Waals surface area contributed by atoms with E-state index in [1.54, 1.807) is 12.1 Å². The van der Waals surface area contributed by atoms with E-state index in [0.29, 0.717) is 11.1 Å². The number of alkyl halides is 1. The van der Waals surface area contributed by atoms with E-state index in [1.807, 2.05) is 36.4 Å². The minimum absolute atomic E-state index is 0.0270. The van der Waals surface area contributed by atoms with Crippen LogP contribution in [-0.4, -0.2) is 15.9 Å². The summed E-state index contributed by atoms with van der Waals surface area (Å²) in [5, 5.41) is 0. The van der Waals surface area contributed by atoms with Gasteiger partial charge in [0.1, 0.15) is 4.32 Å². The molecule has 0 N–H and O–H groups in total. The molecule has 0 aromatic heterocycles. The molecule has 136 valence electrons. The van der Waals surface area contributed by atoms with Gasteiger partial charge >= 0.3 is 0 Å². The van der Waals surface area contributed by atoms with Crippen molar-refractivity contribution in [1.82, 2.24) is 0 Å². The van der Waals surface area contributed by atoms with Gasteiger partial charge in [0.15, 0.2) is 11.6 Å². The number of Topliss-reactive ketones (excluding diaryl/α,β-unsaturated/α-hetero) is 2. The average molecular weight is 429 g/mol. The Bertz CT molecular complexity index is 1150. The van der Waals surface area contributed by atoms with Crippen LogP contribution < -0.4 is 0 Å². The molecule has 0 radical (unpaired) electrons. The molecule has 1 spiro atoms. The van der Waals surface area contributed by atoms with Crippen LogP contribution in [0.2, 0.25) is 0 Å². The smallest absolute Gasteiger partial charge is 0.182 e. The number of carbonyl (C=O) groups excluding carboxylic acids is 2. The molecule has 1 saturated carbocycles. The first kappa shape index (κ1) is 16.4. The van der Waals surface area contributed by atoms with Crippen molar-refractivity contribution in [2.24, 2.45) is 5.92 Å². The summed E-state index contributed by atoms with van der Waals surface area (Å²) in [5.74, 6) is -0.319. The molecule has 3 aromatic rings. The van der Waals surface area contributed by atoms with Crippen molar-refractivity contribution in [1.29, 1.82) is 0 Å². The Balaban J connectivity index is 1.72. The first-order chi connectivity index (χ1) is 13.6. The van der Waals surface area contributed by atoms with Gasteiger partial charge in [-0.25, -0.2) is 0 Å². The monoisotopic (exact) mass is 428 g/mol. The van der Waals surface area contributed by atoms with Crippen LogP contribution in [0.15, 0.2) is 72.8 Å². The highest BCUT2D eigenvalue weighted by atomic mass is 79.9. The zero-order chi connectivity index (χ0) is 19.1. The van der Waals surface area contributed by atoms with E-state index >= 15 is 0 Å². The maximum absolute atomic E-state index is 13.7. The van der Waals surface area contributed by atoms with Gasteiger partial charge in [-0.2, -0.15) is 0 Å². The first-order valence-electron chi connectivity index (χ1n) is 9.65. The molecule has 3 aliphatic carbocycles. The third kappa shape index (κ3) is 1.66. The number of fused-ring (bicyclic) bond motifs is 8. The summed E-state index contributed by atoms with van der Waals surface area (Å²) in [7, 11) is 0. The van der Waals surface area contributed by atoms with Gasteiger partial charge in [-0.15, -0.1) is 0 Å². The molecule has 6 rings (SSSR count). The number of hydrogen-bond donors (Lipinski definition) is 0. The van der Waals surface area contributed by atoms with Gasteiger partial charge in [0.2, 0.25) is 0 Å². The summed E-state index contributed by atoms with van der Waals surface area (Å²) in [6, 6.07) is 23.9. The van der Waals surface area contributed by atoms with Crippen LogP contribution >= 0.6 is 15.9 Å².